The molecule has 1 aromatic heterocycles. The molecule has 2 aromatic rings. The Hall–Kier alpha value is -1.86. The molecule has 0 N–H and O–H groups in total. The lowest BCUT2D eigenvalue weighted by Crippen LogP contribution is -2.27. The van der Waals surface area contributed by atoms with Gasteiger partial charge in [0.1, 0.15) is 16.5 Å². The van der Waals surface area contributed by atoms with E-state index in [-0.39, 0.29) is 6.54 Å². The van der Waals surface area contributed by atoms with Gasteiger partial charge in [0.05, 0.1) is 0 Å². The first-order valence-electron chi connectivity index (χ1n) is 5.71. The number of sulfonamides is 1. The quantitative estimate of drug-likeness (QED) is 0.869. The lowest BCUT2D eigenvalue weighted by Gasteiger charge is -2.17. The molecule has 0 amide bonds. The molecule has 0 bridgehead atoms. The number of benzene rings is 1. The summed E-state index contributed by atoms with van der Waals surface area (Å²) in [5.41, 5.74) is 0.668. The summed E-state index contributed by atoms with van der Waals surface area (Å²) in [6.45, 7) is 0.0486. The van der Waals surface area contributed by atoms with E-state index in [9.17, 15) is 17.2 Å². The van der Waals surface area contributed by atoms with Crippen LogP contribution in [0.2, 0.25) is 0 Å². The molecule has 0 aliphatic carbocycles. The number of hydrogen-bond acceptors (Lipinski definition) is 3. The van der Waals surface area contributed by atoms with Crippen molar-refractivity contribution in [2.24, 2.45) is 0 Å². The first-order valence-corrected chi connectivity index (χ1v) is 7.15. The summed E-state index contributed by atoms with van der Waals surface area (Å²) in [6.07, 6.45) is 3.09. The third-order valence-corrected chi connectivity index (χ3v) is 4.55. The van der Waals surface area contributed by atoms with Gasteiger partial charge in [-0.25, -0.2) is 17.2 Å². The van der Waals surface area contributed by atoms with E-state index >= 15 is 0 Å². The average Bonchev–Trinajstić information content (AvgIpc) is 2.39. The van der Waals surface area contributed by atoms with Crippen molar-refractivity contribution in [3.05, 3.63) is 59.9 Å². The van der Waals surface area contributed by atoms with Crippen LogP contribution in [0.1, 0.15) is 5.56 Å². The third-order valence-electron chi connectivity index (χ3n) is 2.71. The van der Waals surface area contributed by atoms with Gasteiger partial charge >= 0.3 is 0 Å². The molecule has 2 rings (SSSR count). The minimum absolute atomic E-state index is 0.0486. The highest BCUT2D eigenvalue weighted by molar-refractivity contribution is 7.89. The zero-order chi connectivity index (χ0) is 14.8. The maximum absolute atomic E-state index is 13.6. The molecule has 0 aliphatic heterocycles. The Morgan fingerprint density at radius 2 is 2.00 bits per heavy atom. The average molecular weight is 298 g/mol. The molecule has 106 valence electrons. The maximum Gasteiger partial charge on any atom is 0.246 e. The van der Waals surface area contributed by atoms with Gasteiger partial charge in [-0.1, -0.05) is 6.07 Å². The Morgan fingerprint density at radius 3 is 2.60 bits per heavy atom. The molecule has 0 fully saturated rings. The van der Waals surface area contributed by atoms with Crippen LogP contribution in [-0.2, 0) is 16.6 Å². The van der Waals surface area contributed by atoms with Crippen LogP contribution in [0.3, 0.4) is 0 Å². The second-order valence-corrected chi connectivity index (χ2v) is 6.21. The van der Waals surface area contributed by atoms with Gasteiger partial charge in [-0.15, -0.1) is 0 Å². The SMILES string of the molecule is CN(Cc1cccnc1)S(=O)(=O)c1ccc(F)cc1F. The number of rotatable bonds is 4. The Balaban J connectivity index is 2.30. The molecule has 7 heteroatoms. The summed E-state index contributed by atoms with van der Waals surface area (Å²) in [5.74, 6) is -1.93. The lowest BCUT2D eigenvalue weighted by atomic mass is 10.3. The molecular formula is C13H12F2N2O2S. The largest absolute Gasteiger partial charge is 0.264 e. The van der Waals surface area contributed by atoms with Gasteiger partial charge < -0.3 is 0 Å². The van der Waals surface area contributed by atoms with E-state index in [4.69, 9.17) is 0 Å². The molecule has 1 aromatic carbocycles. The van der Waals surface area contributed by atoms with E-state index in [1.807, 2.05) is 0 Å². The Labute approximate surface area is 115 Å². The van der Waals surface area contributed by atoms with Crippen molar-refractivity contribution in [2.75, 3.05) is 7.05 Å². The number of halogens is 2. The highest BCUT2D eigenvalue weighted by Gasteiger charge is 2.24. The first-order chi connectivity index (χ1) is 9.41. The minimum Gasteiger partial charge on any atom is -0.264 e. The topological polar surface area (TPSA) is 50.3 Å². The van der Waals surface area contributed by atoms with Crippen LogP contribution in [0.5, 0.6) is 0 Å². The molecule has 0 radical (unpaired) electrons. The van der Waals surface area contributed by atoms with Crippen molar-refractivity contribution >= 4 is 10.0 Å². The molecule has 20 heavy (non-hydrogen) atoms. The molecule has 1 heterocycles. The number of pyridine rings is 1. The number of hydrogen-bond donors (Lipinski definition) is 0. The Morgan fingerprint density at radius 1 is 1.25 bits per heavy atom. The molecule has 0 spiro atoms. The molecule has 0 saturated carbocycles. The van der Waals surface area contributed by atoms with Gasteiger partial charge in [0.25, 0.3) is 0 Å². The minimum atomic E-state index is -4.02. The standard InChI is InChI=1S/C13H12F2N2O2S/c1-17(9-10-3-2-6-16-8-10)20(18,19)13-5-4-11(14)7-12(13)15/h2-8H,9H2,1H3. The molecule has 0 aliphatic rings. The van der Waals surface area contributed by atoms with Gasteiger partial charge in [0.2, 0.25) is 10.0 Å². The fourth-order valence-corrected chi connectivity index (χ4v) is 2.89. The normalized spacial score (nSPS) is 11.8. The monoisotopic (exact) mass is 298 g/mol. The van der Waals surface area contributed by atoms with Crippen molar-refractivity contribution in [3.8, 4) is 0 Å². The zero-order valence-corrected chi connectivity index (χ0v) is 11.4. The van der Waals surface area contributed by atoms with E-state index in [1.165, 1.54) is 13.2 Å². The van der Waals surface area contributed by atoms with Crippen LogP contribution in [-0.4, -0.2) is 24.8 Å². The van der Waals surface area contributed by atoms with E-state index in [0.29, 0.717) is 11.6 Å². The molecule has 0 saturated heterocycles. The lowest BCUT2D eigenvalue weighted by molar-refractivity contribution is 0.458. The fourth-order valence-electron chi connectivity index (χ4n) is 1.69. The smallest absolute Gasteiger partial charge is 0.246 e. The second-order valence-electron chi connectivity index (χ2n) is 4.20. The first kappa shape index (κ1) is 14.5. The summed E-state index contributed by atoms with van der Waals surface area (Å²) < 4.78 is 51.8. The summed E-state index contributed by atoms with van der Waals surface area (Å²) in [5, 5.41) is 0. The fraction of sp³-hybridized carbons (Fsp3) is 0.154. The van der Waals surface area contributed by atoms with Crippen LogP contribution < -0.4 is 0 Å². The number of nitrogens with zero attached hydrogens (tertiary/aromatic N) is 2. The van der Waals surface area contributed by atoms with Crippen molar-refractivity contribution in [1.29, 1.82) is 0 Å². The second kappa shape index (κ2) is 5.64. The molecule has 0 atom stereocenters. The predicted molar refractivity (Wildman–Crippen MR) is 69.2 cm³/mol. The Kier molecular flexibility index (Phi) is 4.10. The molecule has 4 nitrogen and oxygen atoms in total. The van der Waals surface area contributed by atoms with Crippen molar-refractivity contribution in [3.63, 3.8) is 0 Å². The number of aromatic nitrogens is 1. The third kappa shape index (κ3) is 3.00. The van der Waals surface area contributed by atoms with Gasteiger partial charge in [0.15, 0.2) is 0 Å². The van der Waals surface area contributed by atoms with E-state index in [1.54, 1.807) is 18.3 Å². The van der Waals surface area contributed by atoms with E-state index in [2.05, 4.69) is 4.98 Å². The van der Waals surface area contributed by atoms with Crippen LogP contribution >= 0.6 is 0 Å². The van der Waals surface area contributed by atoms with Crippen molar-refractivity contribution < 1.29 is 17.2 Å². The van der Waals surface area contributed by atoms with Gasteiger partial charge in [0, 0.05) is 32.1 Å². The summed E-state index contributed by atoms with van der Waals surface area (Å²) in [4.78, 5) is 3.33. The van der Waals surface area contributed by atoms with Crippen LogP contribution in [0.15, 0.2) is 47.6 Å². The van der Waals surface area contributed by atoms with Crippen LogP contribution in [0.4, 0.5) is 8.78 Å². The van der Waals surface area contributed by atoms with Crippen molar-refractivity contribution in [1.82, 2.24) is 9.29 Å². The summed E-state index contributed by atoms with van der Waals surface area (Å²) in [7, 11) is -2.70. The van der Waals surface area contributed by atoms with Crippen LogP contribution in [0.25, 0.3) is 0 Å². The molecule has 0 unspecified atom stereocenters. The van der Waals surface area contributed by atoms with Crippen molar-refractivity contribution in [2.45, 2.75) is 11.4 Å². The Bertz CT molecular complexity index is 706. The van der Waals surface area contributed by atoms with Gasteiger partial charge in [-0.3, -0.25) is 4.98 Å². The van der Waals surface area contributed by atoms with E-state index < -0.39 is 26.6 Å². The highest BCUT2D eigenvalue weighted by Crippen LogP contribution is 2.20. The van der Waals surface area contributed by atoms with Gasteiger partial charge in [-0.05, 0) is 23.8 Å². The predicted octanol–water partition coefficient (Wildman–Crippen LogP) is 2.18. The van der Waals surface area contributed by atoms with Gasteiger partial charge in [-0.2, -0.15) is 4.31 Å². The maximum atomic E-state index is 13.6. The zero-order valence-electron chi connectivity index (χ0n) is 10.6. The summed E-state index contributed by atoms with van der Waals surface area (Å²) >= 11 is 0. The molecular weight excluding hydrogens is 286 g/mol. The highest BCUT2D eigenvalue weighted by atomic mass is 32.2. The summed E-state index contributed by atoms with van der Waals surface area (Å²) in [6, 6.07) is 5.76. The van der Waals surface area contributed by atoms with E-state index in [0.717, 1.165) is 16.4 Å². The van der Waals surface area contributed by atoms with Crippen LogP contribution in [0, 0.1) is 11.6 Å².